The summed E-state index contributed by atoms with van der Waals surface area (Å²) < 4.78 is 0. The third-order valence-electron chi connectivity index (χ3n) is 5.33. The second-order valence-electron chi connectivity index (χ2n) is 7.07. The molecule has 3 fully saturated rings. The number of rotatable bonds is 4. The minimum Gasteiger partial charge on any atom is -0.367 e. The lowest BCUT2D eigenvalue weighted by Gasteiger charge is -2.35. The third-order valence-corrected chi connectivity index (χ3v) is 5.33. The maximum Gasteiger partial charge on any atom is 0.240 e. The lowest BCUT2D eigenvalue weighted by molar-refractivity contribution is -0.132. The molecule has 1 atom stereocenters. The van der Waals surface area contributed by atoms with E-state index in [4.69, 9.17) is 0 Å². The number of anilines is 1. The highest BCUT2D eigenvalue weighted by atomic mass is 16.2. The van der Waals surface area contributed by atoms with E-state index in [0.717, 1.165) is 50.4 Å². The van der Waals surface area contributed by atoms with Crippen molar-refractivity contribution < 1.29 is 4.79 Å². The molecule has 4 rings (SSSR count). The number of hydrogen-bond acceptors (Lipinski definition) is 5. The van der Waals surface area contributed by atoms with E-state index >= 15 is 0 Å². The van der Waals surface area contributed by atoms with Gasteiger partial charge in [-0.05, 0) is 39.0 Å². The summed E-state index contributed by atoms with van der Waals surface area (Å²) in [6.07, 6.45) is 7.17. The standard InChI is InChI=1S/C17H25N5O/c1-12-10-16(19-11-18-12)20-13-4-7-21(8-5-13)15-6-9-22(17(15)23)14-2-3-14/h10-11,13-15H,2-9H2,1H3,(H,18,19,20). The van der Waals surface area contributed by atoms with Gasteiger partial charge in [-0.3, -0.25) is 9.69 Å². The van der Waals surface area contributed by atoms with E-state index in [-0.39, 0.29) is 6.04 Å². The van der Waals surface area contributed by atoms with Crippen LogP contribution in [0.5, 0.6) is 0 Å². The Labute approximate surface area is 137 Å². The Morgan fingerprint density at radius 2 is 1.87 bits per heavy atom. The fourth-order valence-corrected chi connectivity index (χ4v) is 3.87. The van der Waals surface area contributed by atoms with Gasteiger partial charge in [0.1, 0.15) is 12.1 Å². The van der Waals surface area contributed by atoms with Crippen LogP contribution in [0.15, 0.2) is 12.4 Å². The Bertz CT molecular complexity index is 580. The maximum absolute atomic E-state index is 12.5. The highest BCUT2D eigenvalue weighted by molar-refractivity contribution is 5.84. The van der Waals surface area contributed by atoms with Crippen LogP contribution in [0.25, 0.3) is 0 Å². The summed E-state index contributed by atoms with van der Waals surface area (Å²) in [5, 5.41) is 3.51. The van der Waals surface area contributed by atoms with E-state index in [1.807, 2.05) is 13.0 Å². The number of carbonyl (C=O) groups excluding carboxylic acids is 1. The van der Waals surface area contributed by atoms with Gasteiger partial charge in [0.05, 0.1) is 6.04 Å². The molecule has 6 heteroatoms. The topological polar surface area (TPSA) is 61.4 Å². The SMILES string of the molecule is Cc1cc(NC2CCN(C3CCN(C4CC4)C3=O)CC2)ncn1. The third kappa shape index (κ3) is 3.17. The van der Waals surface area contributed by atoms with Gasteiger partial charge < -0.3 is 10.2 Å². The highest BCUT2D eigenvalue weighted by Gasteiger charge is 2.43. The first kappa shape index (κ1) is 14.9. The summed E-state index contributed by atoms with van der Waals surface area (Å²) in [5.41, 5.74) is 0.983. The molecule has 1 aromatic heterocycles. The molecule has 6 nitrogen and oxygen atoms in total. The predicted molar refractivity (Wildman–Crippen MR) is 88.1 cm³/mol. The second-order valence-corrected chi connectivity index (χ2v) is 7.07. The van der Waals surface area contributed by atoms with Crippen LogP contribution in [0.3, 0.4) is 0 Å². The first-order valence-electron chi connectivity index (χ1n) is 8.80. The molecule has 0 radical (unpaired) electrons. The minimum atomic E-state index is 0.137. The van der Waals surface area contributed by atoms with Gasteiger partial charge in [0.25, 0.3) is 0 Å². The van der Waals surface area contributed by atoms with Crippen LogP contribution in [0, 0.1) is 6.92 Å². The molecule has 0 bridgehead atoms. The first-order chi connectivity index (χ1) is 11.2. The molecule has 1 saturated carbocycles. The molecule has 0 spiro atoms. The van der Waals surface area contributed by atoms with Gasteiger partial charge >= 0.3 is 0 Å². The van der Waals surface area contributed by atoms with E-state index in [1.54, 1.807) is 6.33 Å². The zero-order chi connectivity index (χ0) is 15.8. The fourth-order valence-electron chi connectivity index (χ4n) is 3.87. The number of aromatic nitrogens is 2. The van der Waals surface area contributed by atoms with Gasteiger partial charge in [-0.25, -0.2) is 9.97 Å². The lowest BCUT2D eigenvalue weighted by atomic mass is 10.0. The van der Waals surface area contributed by atoms with Crippen molar-refractivity contribution in [3.8, 4) is 0 Å². The van der Waals surface area contributed by atoms with Gasteiger partial charge in [0.15, 0.2) is 0 Å². The molecule has 1 unspecified atom stereocenters. The van der Waals surface area contributed by atoms with Crippen molar-refractivity contribution in [1.82, 2.24) is 19.8 Å². The zero-order valence-corrected chi connectivity index (χ0v) is 13.7. The lowest BCUT2D eigenvalue weighted by Crippen LogP contribution is -2.48. The normalized spacial score (nSPS) is 26.7. The number of nitrogens with zero attached hydrogens (tertiary/aromatic N) is 4. The molecule has 1 aromatic rings. The summed E-state index contributed by atoms with van der Waals surface area (Å²) in [6.45, 7) is 4.94. The molecule has 1 N–H and O–H groups in total. The van der Waals surface area contributed by atoms with Gasteiger partial charge in [0, 0.05) is 43.5 Å². The van der Waals surface area contributed by atoms with Crippen LogP contribution in [-0.4, -0.2) is 63.4 Å². The van der Waals surface area contributed by atoms with Gasteiger partial charge in [-0.15, -0.1) is 0 Å². The number of aryl methyl sites for hydroxylation is 1. The molecule has 2 aliphatic heterocycles. The molecule has 1 amide bonds. The smallest absolute Gasteiger partial charge is 0.240 e. The van der Waals surface area contributed by atoms with Crippen molar-refractivity contribution in [3.63, 3.8) is 0 Å². The summed E-state index contributed by atoms with van der Waals surface area (Å²) in [5.74, 6) is 1.29. The molecule has 3 heterocycles. The highest BCUT2D eigenvalue weighted by Crippen LogP contribution is 2.32. The van der Waals surface area contributed by atoms with E-state index in [1.165, 1.54) is 12.8 Å². The summed E-state index contributed by atoms with van der Waals surface area (Å²) >= 11 is 0. The number of likely N-dealkylation sites (tertiary alicyclic amines) is 2. The monoisotopic (exact) mass is 315 g/mol. The van der Waals surface area contributed by atoms with Crippen molar-refractivity contribution in [2.45, 2.75) is 57.2 Å². The Balaban J connectivity index is 1.30. The zero-order valence-electron chi connectivity index (χ0n) is 13.7. The van der Waals surface area contributed by atoms with Crippen LogP contribution < -0.4 is 5.32 Å². The van der Waals surface area contributed by atoms with Crippen molar-refractivity contribution in [2.24, 2.45) is 0 Å². The van der Waals surface area contributed by atoms with Crippen LogP contribution in [0.4, 0.5) is 5.82 Å². The fraction of sp³-hybridized carbons (Fsp3) is 0.706. The van der Waals surface area contributed by atoms with Crippen molar-refractivity contribution in [1.29, 1.82) is 0 Å². The summed E-state index contributed by atoms with van der Waals surface area (Å²) in [4.78, 5) is 25.5. The number of piperidine rings is 1. The van der Waals surface area contributed by atoms with Gasteiger partial charge in [-0.2, -0.15) is 0 Å². The van der Waals surface area contributed by atoms with E-state index in [2.05, 4.69) is 25.1 Å². The van der Waals surface area contributed by atoms with E-state index < -0.39 is 0 Å². The van der Waals surface area contributed by atoms with Crippen LogP contribution >= 0.6 is 0 Å². The molecular weight excluding hydrogens is 290 g/mol. The Morgan fingerprint density at radius 3 is 2.57 bits per heavy atom. The van der Waals surface area contributed by atoms with Crippen LogP contribution in [0.1, 0.15) is 37.8 Å². The minimum absolute atomic E-state index is 0.137. The molecule has 3 aliphatic rings. The summed E-state index contributed by atoms with van der Waals surface area (Å²) in [6, 6.07) is 3.13. The molecule has 1 aliphatic carbocycles. The average Bonchev–Trinajstić information content (AvgIpc) is 3.31. The number of carbonyl (C=O) groups is 1. The average molecular weight is 315 g/mol. The number of amides is 1. The molecule has 2 saturated heterocycles. The first-order valence-corrected chi connectivity index (χ1v) is 8.80. The van der Waals surface area contributed by atoms with Gasteiger partial charge in [0.2, 0.25) is 5.91 Å². The van der Waals surface area contributed by atoms with Gasteiger partial charge in [-0.1, -0.05) is 0 Å². The van der Waals surface area contributed by atoms with Crippen molar-refractivity contribution in [2.75, 3.05) is 25.0 Å². The number of nitrogens with one attached hydrogen (secondary N) is 1. The molecular formula is C17H25N5O. The second kappa shape index (κ2) is 6.07. The Hall–Kier alpha value is -1.69. The maximum atomic E-state index is 12.5. The van der Waals surface area contributed by atoms with Crippen molar-refractivity contribution in [3.05, 3.63) is 18.1 Å². The van der Waals surface area contributed by atoms with E-state index in [9.17, 15) is 4.79 Å². The molecule has 124 valence electrons. The van der Waals surface area contributed by atoms with Crippen LogP contribution in [-0.2, 0) is 4.79 Å². The van der Waals surface area contributed by atoms with E-state index in [0.29, 0.717) is 18.0 Å². The Morgan fingerprint density at radius 1 is 1.09 bits per heavy atom. The quantitative estimate of drug-likeness (QED) is 0.910. The number of hydrogen-bond donors (Lipinski definition) is 1. The van der Waals surface area contributed by atoms with Crippen molar-refractivity contribution >= 4 is 11.7 Å². The Kier molecular flexibility index (Phi) is 3.93. The molecule has 23 heavy (non-hydrogen) atoms. The predicted octanol–water partition coefficient (Wildman–Crippen LogP) is 1.42. The van der Waals surface area contributed by atoms with Crippen LogP contribution in [0.2, 0.25) is 0 Å². The molecule has 0 aromatic carbocycles. The largest absolute Gasteiger partial charge is 0.367 e. The summed E-state index contributed by atoms with van der Waals surface area (Å²) in [7, 11) is 0.